The van der Waals surface area contributed by atoms with E-state index in [1.807, 2.05) is 0 Å². The topological polar surface area (TPSA) is 82.3 Å². The number of aromatic nitrogens is 2. The first-order chi connectivity index (χ1) is 9.71. The molecule has 2 rings (SSSR count). The van der Waals surface area contributed by atoms with Gasteiger partial charge in [-0.3, -0.25) is 5.84 Å². The second-order valence-electron chi connectivity index (χ2n) is 3.95. The van der Waals surface area contributed by atoms with Crippen LogP contribution in [0.1, 0.15) is 17.3 Å². The number of halogens is 1. The molecule has 106 valence electrons. The Morgan fingerprint density at radius 3 is 2.70 bits per heavy atom. The van der Waals surface area contributed by atoms with Crippen molar-refractivity contribution in [3.8, 4) is 11.6 Å². The van der Waals surface area contributed by atoms with Crippen molar-refractivity contribution in [1.29, 1.82) is 0 Å². The quantitative estimate of drug-likeness (QED) is 0.631. The molecule has 1 aromatic heterocycles. The van der Waals surface area contributed by atoms with Crippen LogP contribution in [0.25, 0.3) is 0 Å². The average Bonchev–Trinajstić information content (AvgIpc) is 2.50. The summed E-state index contributed by atoms with van der Waals surface area (Å²) in [5, 5.41) is 0. The summed E-state index contributed by atoms with van der Waals surface area (Å²) in [6.45, 7) is 0. The predicted molar refractivity (Wildman–Crippen MR) is 70.7 cm³/mol. The maximum Gasteiger partial charge on any atom is 0.216 e. The summed E-state index contributed by atoms with van der Waals surface area (Å²) in [6, 6.07) is 5.77. The summed E-state index contributed by atoms with van der Waals surface area (Å²) in [4.78, 5) is 7.99. The zero-order chi connectivity index (χ0) is 14.5. The first-order valence-corrected chi connectivity index (χ1v) is 5.85. The molecule has 0 saturated carbocycles. The third kappa shape index (κ3) is 2.68. The van der Waals surface area contributed by atoms with Crippen LogP contribution in [0, 0.1) is 5.82 Å². The SMILES string of the molecule is COc1cc(C(NN)c2cccc(OC)c2F)ncn1. The van der Waals surface area contributed by atoms with E-state index in [9.17, 15) is 4.39 Å². The van der Waals surface area contributed by atoms with Gasteiger partial charge in [-0.15, -0.1) is 0 Å². The van der Waals surface area contributed by atoms with Gasteiger partial charge in [-0.2, -0.15) is 0 Å². The number of hydrazine groups is 1. The molecule has 1 aromatic carbocycles. The lowest BCUT2D eigenvalue weighted by atomic mass is 10.0. The number of rotatable bonds is 5. The average molecular weight is 278 g/mol. The van der Waals surface area contributed by atoms with Gasteiger partial charge in [0.1, 0.15) is 6.33 Å². The summed E-state index contributed by atoms with van der Waals surface area (Å²) in [5.41, 5.74) is 3.36. The molecular formula is C13H15FN4O2. The zero-order valence-electron chi connectivity index (χ0n) is 11.1. The summed E-state index contributed by atoms with van der Waals surface area (Å²) in [7, 11) is 2.89. The number of nitrogens with one attached hydrogen (secondary N) is 1. The predicted octanol–water partition coefficient (Wildman–Crippen LogP) is 1.19. The summed E-state index contributed by atoms with van der Waals surface area (Å²) >= 11 is 0. The molecule has 3 N–H and O–H groups in total. The van der Waals surface area contributed by atoms with Crippen molar-refractivity contribution < 1.29 is 13.9 Å². The molecular weight excluding hydrogens is 263 g/mol. The molecule has 0 saturated heterocycles. The monoisotopic (exact) mass is 278 g/mol. The standard InChI is InChI=1S/C13H15FN4O2/c1-19-10-5-3-4-8(12(10)14)13(18-15)9-6-11(20-2)17-7-16-9/h3-7,13,18H,15H2,1-2H3. The Balaban J connectivity index is 2.46. The Hall–Kier alpha value is -2.25. The van der Waals surface area contributed by atoms with Gasteiger partial charge in [-0.1, -0.05) is 12.1 Å². The Morgan fingerprint density at radius 2 is 2.05 bits per heavy atom. The highest BCUT2D eigenvalue weighted by Gasteiger charge is 2.21. The number of hydrogen-bond acceptors (Lipinski definition) is 6. The fraction of sp³-hybridized carbons (Fsp3) is 0.231. The second-order valence-corrected chi connectivity index (χ2v) is 3.95. The smallest absolute Gasteiger partial charge is 0.216 e. The maximum absolute atomic E-state index is 14.3. The fourth-order valence-corrected chi connectivity index (χ4v) is 1.87. The van der Waals surface area contributed by atoms with E-state index in [2.05, 4.69) is 15.4 Å². The van der Waals surface area contributed by atoms with Crippen molar-refractivity contribution in [2.45, 2.75) is 6.04 Å². The Labute approximate surface area is 115 Å². The first kappa shape index (κ1) is 14.2. The third-order valence-electron chi connectivity index (χ3n) is 2.86. The van der Waals surface area contributed by atoms with Crippen molar-refractivity contribution in [3.63, 3.8) is 0 Å². The lowest BCUT2D eigenvalue weighted by molar-refractivity contribution is 0.380. The Morgan fingerprint density at radius 1 is 1.25 bits per heavy atom. The molecule has 0 spiro atoms. The van der Waals surface area contributed by atoms with Gasteiger partial charge in [0.15, 0.2) is 11.6 Å². The maximum atomic E-state index is 14.3. The number of methoxy groups -OCH3 is 2. The molecule has 1 atom stereocenters. The van der Waals surface area contributed by atoms with Crippen LogP contribution in [-0.4, -0.2) is 24.2 Å². The number of hydrogen-bond donors (Lipinski definition) is 2. The lowest BCUT2D eigenvalue weighted by Crippen LogP contribution is -2.30. The molecule has 7 heteroatoms. The van der Waals surface area contributed by atoms with E-state index in [4.69, 9.17) is 15.3 Å². The van der Waals surface area contributed by atoms with Gasteiger partial charge < -0.3 is 9.47 Å². The van der Waals surface area contributed by atoms with E-state index < -0.39 is 11.9 Å². The lowest BCUT2D eigenvalue weighted by Gasteiger charge is -2.17. The van der Waals surface area contributed by atoms with Crippen LogP contribution in [0.3, 0.4) is 0 Å². The van der Waals surface area contributed by atoms with Gasteiger partial charge in [0.05, 0.1) is 26.0 Å². The number of benzene rings is 1. The van der Waals surface area contributed by atoms with Crippen LogP contribution < -0.4 is 20.7 Å². The van der Waals surface area contributed by atoms with Crippen LogP contribution in [0.2, 0.25) is 0 Å². The minimum absolute atomic E-state index is 0.142. The van der Waals surface area contributed by atoms with Gasteiger partial charge in [0.2, 0.25) is 5.88 Å². The number of nitrogens with two attached hydrogens (primary N) is 1. The normalized spacial score (nSPS) is 12.0. The summed E-state index contributed by atoms with van der Waals surface area (Å²) < 4.78 is 24.3. The molecule has 1 heterocycles. The largest absolute Gasteiger partial charge is 0.494 e. The zero-order valence-corrected chi connectivity index (χ0v) is 11.1. The highest BCUT2D eigenvalue weighted by Crippen LogP contribution is 2.28. The highest BCUT2D eigenvalue weighted by molar-refractivity contribution is 5.37. The fourth-order valence-electron chi connectivity index (χ4n) is 1.87. The van der Waals surface area contributed by atoms with Crippen LogP contribution in [0.4, 0.5) is 4.39 Å². The second kappa shape index (κ2) is 6.27. The number of nitrogens with zero attached hydrogens (tertiary/aromatic N) is 2. The van der Waals surface area contributed by atoms with Crippen LogP contribution in [-0.2, 0) is 0 Å². The molecule has 0 radical (unpaired) electrons. The van der Waals surface area contributed by atoms with E-state index in [1.54, 1.807) is 18.2 Å². The molecule has 0 fully saturated rings. The van der Waals surface area contributed by atoms with Gasteiger partial charge >= 0.3 is 0 Å². The van der Waals surface area contributed by atoms with Crippen molar-refractivity contribution in [3.05, 3.63) is 47.7 Å². The van der Waals surface area contributed by atoms with Crippen LogP contribution >= 0.6 is 0 Å². The molecule has 1 unspecified atom stereocenters. The Bertz CT molecular complexity index is 594. The van der Waals surface area contributed by atoms with Crippen LogP contribution in [0.5, 0.6) is 11.6 Å². The molecule has 2 aromatic rings. The number of ether oxygens (including phenoxy) is 2. The molecule has 0 aliphatic carbocycles. The van der Waals surface area contributed by atoms with Crippen molar-refractivity contribution in [2.75, 3.05) is 14.2 Å². The molecule has 6 nitrogen and oxygen atoms in total. The third-order valence-corrected chi connectivity index (χ3v) is 2.86. The van der Waals surface area contributed by atoms with Crippen molar-refractivity contribution >= 4 is 0 Å². The first-order valence-electron chi connectivity index (χ1n) is 5.85. The Kier molecular flexibility index (Phi) is 4.44. The highest BCUT2D eigenvalue weighted by atomic mass is 19.1. The van der Waals surface area contributed by atoms with E-state index in [0.717, 1.165) is 0 Å². The van der Waals surface area contributed by atoms with Gasteiger partial charge in [-0.05, 0) is 6.07 Å². The minimum Gasteiger partial charge on any atom is -0.494 e. The van der Waals surface area contributed by atoms with Gasteiger partial charge in [0, 0.05) is 11.6 Å². The van der Waals surface area contributed by atoms with E-state index in [0.29, 0.717) is 17.1 Å². The van der Waals surface area contributed by atoms with Crippen molar-refractivity contribution in [2.24, 2.45) is 5.84 Å². The van der Waals surface area contributed by atoms with E-state index in [1.165, 1.54) is 26.6 Å². The van der Waals surface area contributed by atoms with Gasteiger partial charge in [-0.25, -0.2) is 19.8 Å². The molecule has 0 bridgehead atoms. The molecule has 20 heavy (non-hydrogen) atoms. The van der Waals surface area contributed by atoms with Gasteiger partial charge in [0.25, 0.3) is 0 Å². The van der Waals surface area contributed by atoms with E-state index in [-0.39, 0.29) is 5.75 Å². The molecule has 0 aliphatic heterocycles. The molecule has 0 amide bonds. The van der Waals surface area contributed by atoms with Crippen LogP contribution in [0.15, 0.2) is 30.6 Å². The minimum atomic E-state index is -0.637. The summed E-state index contributed by atoms with van der Waals surface area (Å²) in [6.07, 6.45) is 1.33. The van der Waals surface area contributed by atoms with E-state index >= 15 is 0 Å². The van der Waals surface area contributed by atoms with Crippen molar-refractivity contribution in [1.82, 2.24) is 15.4 Å². The summed E-state index contributed by atoms with van der Waals surface area (Å²) in [5.74, 6) is 5.56. The molecule has 0 aliphatic rings.